The minimum absolute atomic E-state index is 0.00469. The fraction of sp³-hybridized carbons (Fsp3) is 0.475. The first kappa shape index (κ1) is 48.1. The van der Waals surface area contributed by atoms with E-state index in [1.165, 1.54) is 18.3 Å². The lowest BCUT2D eigenvalue weighted by Gasteiger charge is -2.21. The van der Waals surface area contributed by atoms with Crippen molar-refractivity contribution < 1.29 is 71.9 Å². The summed E-state index contributed by atoms with van der Waals surface area (Å²) in [4.78, 5) is 90.8. The maximum Gasteiger partial charge on any atom is 0.371 e. The number of nitrogens with two attached hydrogens (primary N) is 2. The molecule has 4 amide bonds. The molecule has 2 aliphatic rings. The van der Waals surface area contributed by atoms with Crippen LogP contribution in [0.2, 0.25) is 0 Å². The fourth-order valence-electron chi connectivity index (χ4n) is 6.40. The predicted octanol–water partition coefficient (Wildman–Crippen LogP) is -1.01. The Kier molecular flexibility index (Phi) is 17.6. The molecule has 3 atom stereocenters. The monoisotopic (exact) mass is 915 g/mol. The molecule has 2 aromatic heterocycles. The number of benzene rings is 1. The number of guanidine groups is 1. The quantitative estimate of drug-likeness (QED) is 0.0149. The molecular formula is C40H51N8O15S+. The number of nitrogens with one attached hydrogen (secondary N) is 4. The van der Waals surface area contributed by atoms with Crippen molar-refractivity contribution in [1.29, 1.82) is 0 Å². The number of carboxylic acid groups (broad SMARTS) is 2. The van der Waals surface area contributed by atoms with Gasteiger partial charge in [-0.05, 0) is 37.0 Å². The maximum atomic E-state index is 13.2. The van der Waals surface area contributed by atoms with Crippen LogP contribution in [0.3, 0.4) is 0 Å². The van der Waals surface area contributed by atoms with Crippen LogP contribution in [-0.2, 0) is 43.0 Å². The van der Waals surface area contributed by atoms with E-state index in [9.17, 15) is 43.8 Å². The van der Waals surface area contributed by atoms with E-state index in [0.717, 1.165) is 11.1 Å². The second-order valence-corrected chi connectivity index (χ2v) is 15.2. The minimum atomic E-state index is -1.66. The number of aliphatic imine (C=N–C) groups is 1. The first-order valence-electron chi connectivity index (χ1n) is 20.3. The molecule has 64 heavy (non-hydrogen) atoms. The Morgan fingerprint density at radius 1 is 0.891 bits per heavy atom. The lowest BCUT2D eigenvalue weighted by molar-refractivity contribution is -0.151. The Hall–Kier alpha value is -6.95. The lowest BCUT2D eigenvalue weighted by Crippen LogP contribution is -2.54. The molecule has 0 radical (unpaired) electrons. The highest BCUT2D eigenvalue weighted by Crippen LogP contribution is 2.41. The molecular weight excluding hydrogens is 865 g/mol. The van der Waals surface area contributed by atoms with E-state index < -0.39 is 85.8 Å². The van der Waals surface area contributed by atoms with Crippen LogP contribution >= 0.6 is 11.3 Å². The number of thiophene rings is 1. The largest absolute Gasteiger partial charge is 0.486 e. The zero-order chi connectivity index (χ0) is 46.2. The number of morpholine rings is 1. The summed E-state index contributed by atoms with van der Waals surface area (Å²) in [6.45, 7) is 3.40. The number of rotatable bonds is 22. The van der Waals surface area contributed by atoms with Crippen LogP contribution in [-0.4, -0.2) is 135 Å². The first-order valence-corrected chi connectivity index (χ1v) is 21.2. The molecule has 1 saturated heterocycles. The van der Waals surface area contributed by atoms with Crippen molar-refractivity contribution in [3.8, 4) is 28.4 Å². The van der Waals surface area contributed by atoms with Crippen LogP contribution < -0.4 is 57.1 Å². The average Bonchev–Trinajstić information content (AvgIpc) is 3.71. The van der Waals surface area contributed by atoms with Crippen LogP contribution in [0.1, 0.15) is 45.4 Å². The van der Waals surface area contributed by atoms with Gasteiger partial charge in [-0.25, -0.2) is 4.79 Å². The Labute approximate surface area is 369 Å². The standard InChI is InChI=1S/C40H50N8O15S/c1-2-24(39(56)57)47-38(55)26(17-33(51)52)46-31(50)19-44-37(54)25(4-3-9-43-40(41)42)45-30(49)7-8-34(53)62-21-61-29-18-32(48-10-12-58-13-11-48)63-35-23(20-64-36(29)35)22-5-6-27-28(16-22)60-15-14-59-27/h5-6,16,18,20,24-26H,2-4,7-15,17,19,21H2,1H3,(H9-,41,42,43,44,45,46,47,49,50,51,52,54,55,56,57)/p+1/t24-,25-,26-/m0/s1. The van der Waals surface area contributed by atoms with E-state index in [-0.39, 0.29) is 38.2 Å². The molecule has 0 saturated carbocycles. The van der Waals surface area contributed by atoms with Gasteiger partial charge in [-0.3, -0.25) is 33.8 Å². The molecule has 0 spiro atoms. The molecule has 346 valence electrons. The highest BCUT2D eigenvalue weighted by molar-refractivity contribution is 7.18. The molecule has 0 unspecified atom stereocenters. The van der Waals surface area contributed by atoms with Crippen molar-refractivity contribution >= 4 is 69.1 Å². The van der Waals surface area contributed by atoms with Crippen molar-refractivity contribution in [2.75, 3.05) is 59.4 Å². The SMILES string of the molecule is CC[C@H](NC(=O)[C@H](CC(=O)O)NC(=O)CNC(=O)[C@H](CCCN=C(N)N)NC(=O)CCC(=O)OCOc1cc(=[N+]2CCOCC2)oc2c(-c3ccc4c(c3)OCCO4)csc12)C(=O)O. The number of carbonyl (C=O) groups is 7. The molecule has 0 bridgehead atoms. The third kappa shape index (κ3) is 14.0. The average molecular weight is 916 g/mol. The number of hydrogen-bond donors (Lipinski definition) is 8. The summed E-state index contributed by atoms with van der Waals surface area (Å²) in [6.07, 6.45) is -1.46. The Bertz CT molecular complexity index is 2300. The van der Waals surface area contributed by atoms with Gasteiger partial charge in [-0.15, -0.1) is 11.3 Å². The zero-order valence-electron chi connectivity index (χ0n) is 34.9. The van der Waals surface area contributed by atoms with E-state index in [0.29, 0.717) is 72.6 Å². The van der Waals surface area contributed by atoms with E-state index in [2.05, 4.69) is 26.3 Å². The van der Waals surface area contributed by atoms with Gasteiger partial charge in [0.05, 0.1) is 25.5 Å². The smallest absolute Gasteiger partial charge is 0.371 e. The number of carbonyl (C=O) groups excluding carboxylic acids is 5. The topological polar surface area (TPSA) is 335 Å². The molecule has 10 N–H and O–H groups in total. The summed E-state index contributed by atoms with van der Waals surface area (Å²) in [5.74, 6) is -5.69. The first-order chi connectivity index (χ1) is 30.7. The van der Waals surface area contributed by atoms with E-state index in [1.54, 1.807) is 6.07 Å². The number of esters is 1. The van der Waals surface area contributed by atoms with Gasteiger partial charge in [0.2, 0.25) is 30.4 Å². The molecule has 2 aliphatic heterocycles. The van der Waals surface area contributed by atoms with Gasteiger partial charge in [-0.1, -0.05) is 13.0 Å². The summed E-state index contributed by atoms with van der Waals surface area (Å²) in [7, 11) is 0. The number of hydrogen-bond acceptors (Lipinski definition) is 15. The molecule has 5 rings (SSSR count). The Balaban J connectivity index is 1.17. The van der Waals surface area contributed by atoms with Gasteiger partial charge >= 0.3 is 23.5 Å². The lowest BCUT2D eigenvalue weighted by atomic mass is 10.1. The molecule has 23 nitrogen and oxygen atoms in total. The molecule has 1 aromatic carbocycles. The van der Waals surface area contributed by atoms with Crippen LogP contribution in [0.15, 0.2) is 39.1 Å². The van der Waals surface area contributed by atoms with Crippen molar-refractivity contribution in [2.24, 2.45) is 16.5 Å². The third-order valence-electron chi connectivity index (χ3n) is 9.67. The second-order valence-electron chi connectivity index (χ2n) is 14.3. The minimum Gasteiger partial charge on any atom is -0.486 e. The fourth-order valence-corrected chi connectivity index (χ4v) is 7.37. The van der Waals surface area contributed by atoms with Crippen molar-refractivity contribution in [3.05, 3.63) is 35.2 Å². The van der Waals surface area contributed by atoms with Crippen LogP contribution in [0.4, 0.5) is 0 Å². The Morgan fingerprint density at radius 3 is 2.33 bits per heavy atom. The van der Waals surface area contributed by atoms with E-state index >= 15 is 0 Å². The highest BCUT2D eigenvalue weighted by Gasteiger charge is 2.29. The number of amides is 4. The third-order valence-corrected chi connectivity index (χ3v) is 10.6. The highest BCUT2D eigenvalue weighted by atomic mass is 32.1. The van der Waals surface area contributed by atoms with Crippen molar-refractivity contribution in [1.82, 2.24) is 25.8 Å². The summed E-state index contributed by atoms with van der Waals surface area (Å²) in [5.41, 5.74) is 13.5. The predicted molar refractivity (Wildman–Crippen MR) is 226 cm³/mol. The van der Waals surface area contributed by atoms with Gasteiger partial charge in [0.25, 0.3) is 0 Å². The van der Waals surface area contributed by atoms with Gasteiger partial charge in [0.15, 0.2) is 41.9 Å². The van der Waals surface area contributed by atoms with Gasteiger partial charge in [0.1, 0.15) is 49.3 Å². The number of carboxylic acids is 2. The van der Waals surface area contributed by atoms with Gasteiger partial charge in [-0.2, -0.15) is 4.58 Å². The van der Waals surface area contributed by atoms with E-state index in [4.69, 9.17) is 39.6 Å². The Morgan fingerprint density at radius 2 is 1.62 bits per heavy atom. The summed E-state index contributed by atoms with van der Waals surface area (Å²) in [5, 5.41) is 29.6. The molecule has 24 heteroatoms. The van der Waals surface area contributed by atoms with Crippen molar-refractivity contribution in [3.63, 3.8) is 0 Å². The number of ether oxygens (including phenoxy) is 5. The molecule has 1 fully saturated rings. The second kappa shape index (κ2) is 23.5. The van der Waals surface area contributed by atoms with Crippen LogP contribution in [0.25, 0.3) is 21.4 Å². The molecule has 4 heterocycles. The summed E-state index contributed by atoms with van der Waals surface area (Å²) in [6, 6.07) is 3.12. The number of nitrogens with zero attached hydrogens (tertiary/aromatic N) is 2. The molecule has 3 aromatic rings. The maximum absolute atomic E-state index is 13.2. The van der Waals surface area contributed by atoms with Crippen LogP contribution in [0.5, 0.6) is 17.2 Å². The summed E-state index contributed by atoms with van der Waals surface area (Å²) < 4.78 is 37.4. The van der Waals surface area contributed by atoms with Crippen molar-refractivity contribution in [2.45, 2.75) is 63.6 Å². The van der Waals surface area contributed by atoms with E-state index in [1.807, 2.05) is 28.2 Å². The normalized spacial score (nSPS) is 14.5. The van der Waals surface area contributed by atoms with Crippen LogP contribution in [0, 0.1) is 0 Å². The number of fused-ring (bicyclic) bond motifs is 2. The summed E-state index contributed by atoms with van der Waals surface area (Å²) >= 11 is 1.37. The molecule has 0 aliphatic carbocycles. The number of aliphatic carboxylic acids is 2. The van der Waals surface area contributed by atoms with Gasteiger partial charge in [0, 0.05) is 23.9 Å². The van der Waals surface area contributed by atoms with Gasteiger partial charge < -0.3 is 71.0 Å². The zero-order valence-corrected chi connectivity index (χ0v) is 35.7.